The van der Waals surface area contributed by atoms with Crippen molar-refractivity contribution in [3.63, 3.8) is 0 Å². The van der Waals surface area contributed by atoms with Gasteiger partial charge >= 0.3 is 7.12 Å². The SMILES string of the molecule is O=C(CCn1nnc2ccccc21)NC(Cc1ccsc1)B(O)O. The molecule has 0 fully saturated rings. The van der Waals surface area contributed by atoms with Crippen LogP contribution in [0.1, 0.15) is 12.0 Å². The Morgan fingerprint density at radius 1 is 1.33 bits per heavy atom. The number of aromatic nitrogens is 3. The second kappa shape index (κ2) is 7.56. The van der Waals surface area contributed by atoms with Crippen LogP contribution in [0.15, 0.2) is 41.1 Å². The number of carbonyl (C=O) groups excluding carboxylic acids is 1. The number of carbonyl (C=O) groups is 1. The van der Waals surface area contributed by atoms with E-state index < -0.39 is 13.1 Å². The number of fused-ring (bicyclic) bond motifs is 1. The van der Waals surface area contributed by atoms with E-state index in [0.717, 1.165) is 16.6 Å². The van der Waals surface area contributed by atoms with E-state index in [0.29, 0.717) is 13.0 Å². The molecule has 24 heavy (non-hydrogen) atoms. The molecule has 7 nitrogen and oxygen atoms in total. The second-order valence-electron chi connectivity index (χ2n) is 5.47. The van der Waals surface area contributed by atoms with Crippen molar-refractivity contribution in [1.82, 2.24) is 20.3 Å². The van der Waals surface area contributed by atoms with Crippen LogP contribution in [-0.2, 0) is 17.8 Å². The Morgan fingerprint density at radius 3 is 2.92 bits per heavy atom. The Bertz CT molecular complexity index is 806. The Labute approximate surface area is 143 Å². The van der Waals surface area contributed by atoms with E-state index in [2.05, 4.69) is 15.6 Å². The number of nitrogens with zero attached hydrogens (tertiary/aromatic N) is 3. The molecular formula is C15H17BN4O3S. The lowest BCUT2D eigenvalue weighted by Crippen LogP contribution is -2.48. The van der Waals surface area contributed by atoms with Crippen molar-refractivity contribution in [2.75, 3.05) is 0 Å². The van der Waals surface area contributed by atoms with Crippen LogP contribution in [0.4, 0.5) is 0 Å². The smallest absolute Gasteiger partial charge is 0.426 e. The summed E-state index contributed by atoms with van der Waals surface area (Å²) < 4.78 is 1.66. The van der Waals surface area contributed by atoms with Crippen molar-refractivity contribution >= 4 is 35.4 Å². The number of hydrogen-bond donors (Lipinski definition) is 3. The van der Waals surface area contributed by atoms with Gasteiger partial charge in [0.1, 0.15) is 5.52 Å². The zero-order valence-corrected chi connectivity index (χ0v) is 13.7. The van der Waals surface area contributed by atoms with Crippen molar-refractivity contribution < 1.29 is 14.8 Å². The van der Waals surface area contributed by atoms with Crippen molar-refractivity contribution in [2.24, 2.45) is 0 Å². The van der Waals surface area contributed by atoms with E-state index in [1.54, 1.807) is 4.68 Å². The Morgan fingerprint density at radius 2 is 2.17 bits per heavy atom. The molecule has 1 unspecified atom stereocenters. The van der Waals surface area contributed by atoms with Gasteiger partial charge in [0, 0.05) is 6.42 Å². The Balaban J connectivity index is 1.57. The molecule has 0 radical (unpaired) electrons. The van der Waals surface area contributed by atoms with Crippen molar-refractivity contribution in [3.8, 4) is 0 Å². The van der Waals surface area contributed by atoms with Gasteiger partial charge in [-0.3, -0.25) is 4.79 Å². The van der Waals surface area contributed by atoms with E-state index in [-0.39, 0.29) is 12.3 Å². The molecular weight excluding hydrogens is 327 g/mol. The summed E-state index contributed by atoms with van der Waals surface area (Å²) in [5, 5.41) is 33.5. The molecule has 2 aromatic heterocycles. The molecule has 2 heterocycles. The van der Waals surface area contributed by atoms with Gasteiger partial charge < -0.3 is 15.4 Å². The van der Waals surface area contributed by atoms with Crippen LogP contribution in [0, 0.1) is 0 Å². The molecule has 0 aliphatic carbocycles. The zero-order valence-electron chi connectivity index (χ0n) is 12.9. The van der Waals surface area contributed by atoms with Crippen LogP contribution in [0.25, 0.3) is 11.0 Å². The molecule has 0 saturated carbocycles. The number of benzene rings is 1. The number of aryl methyl sites for hydroxylation is 1. The van der Waals surface area contributed by atoms with Crippen molar-refractivity contribution in [2.45, 2.75) is 25.3 Å². The number of rotatable bonds is 7. The third-order valence-electron chi connectivity index (χ3n) is 3.71. The monoisotopic (exact) mass is 344 g/mol. The van der Waals surface area contributed by atoms with Crippen molar-refractivity contribution in [3.05, 3.63) is 46.7 Å². The highest BCUT2D eigenvalue weighted by Gasteiger charge is 2.25. The number of nitrogens with one attached hydrogen (secondary N) is 1. The molecule has 3 N–H and O–H groups in total. The molecule has 3 aromatic rings. The quantitative estimate of drug-likeness (QED) is 0.546. The number of hydrogen-bond acceptors (Lipinski definition) is 6. The highest BCUT2D eigenvalue weighted by atomic mass is 32.1. The van der Waals surface area contributed by atoms with E-state index in [9.17, 15) is 14.8 Å². The topological polar surface area (TPSA) is 100 Å². The Kier molecular flexibility index (Phi) is 5.24. The first kappa shape index (κ1) is 16.6. The standard InChI is InChI=1S/C15H17BN4O3S/c21-15(17-14(16(22)23)9-11-6-8-24-10-11)5-7-20-13-4-2-1-3-12(13)18-19-20/h1-4,6,8,10,14,22-23H,5,7,9H2,(H,17,21). The molecule has 0 saturated heterocycles. The lowest BCUT2D eigenvalue weighted by molar-refractivity contribution is -0.121. The first-order chi connectivity index (χ1) is 11.6. The lowest BCUT2D eigenvalue weighted by Gasteiger charge is -2.17. The Hall–Kier alpha value is -2.23. The first-order valence-electron chi connectivity index (χ1n) is 7.58. The summed E-state index contributed by atoms with van der Waals surface area (Å²) in [6.45, 7) is 0.374. The molecule has 9 heteroatoms. The summed E-state index contributed by atoms with van der Waals surface area (Å²) in [5.41, 5.74) is 2.60. The second-order valence-corrected chi connectivity index (χ2v) is 6.25. The molecule has 0 aliphatic rings. The summed E-state index contributed by atoms with van der Waals surface area (Å²) in [4.78, 5) is 12.1. The van der Waals surface area contributed by atoms with Gasteiger partial charge in [0.2, 0.25) is 5.91 Å². The largest absolute Gasteiger partial charge is 0.475 e. The fourth-order valence-electron chi connectivity index (χ4n) is 2.46. The maximum absolute atomic E-state index is 12.1. The predicted octanol–water partition coefficient (Wildman–Crippen LogP) is 0.622. The maximum Gasteiger partial charge on any atom is 0.475 e. The maximum atomic E-state index is 12.1. The number of amides is 1. The highest BCUT2D eigenvalue weighted by molar-refractivity contribution is 7.07. The average Bonchev–Trinajstić information content (AvgIpc) is 3.21. The fraction of sp³-hybridized carbons (Fsp3) is 0.267. The van der Waals surface area contributed by atoms with Gasteiger partial charge in [-0.1, -0.05) is 17.3 Å². The molecule has 124 valence electrons. The van der Waals surface area contributed by atoms with Gasteiger partial charge in [-0.2, -0.15) is 11.3 Å². The summed E-state index contributed by atoms with van der Waals surface area (Å²) in [7, 11) is -1.61. The summed E-state index contributed by atoms with van der Waals surface area (Å²) in [6, 6.07) is 9.42. The van der Waals surface area contributed by atoms with Crippen LogP contribution in [0.2, 0.25) is 0 Å². The molecule has 1 amide bonds. The van der Waals surface area contributed by atoms with E-state index in [1.807, 2.05) is 41.1 Å². The lowest BCUT2D eigenvalue weighted by atomic mass is 9.76. The van der Waals surface area contributed by atoms with Crippen LogP contribution < -0.4 is 5.32 Å². The third kappa shape index (κ3) is 3.99. The van der Waals surface area contributed by atoms with E-state index in [4.69, 9.17) is 0 Å². The van der Waals surface area contributed by atoms with Gasteiger partial charge in [-0.25, -0.2) is 4.68 Å². The molecule has 0 bridgehead atoms. The predicted molar refractivity (Wildman–Crippen MR) is 92.3 cm³/mol. The van der Waals surface area contributed by atoms with Gasteiger partial charge in [0.15, 0.2) is 0 Å². The van der Waals surface area contributed by atoms with Crippen LogP contribution in [0.5, 0.6) is 0 Å². The minimum absolute atomic E-state index is 0.181. The van der Waals surface area contributed by atoms with Crippen molar-refractivity contribution in [1.29, 1.82) is 0 Å². The molecule has 0 spiro atoms. The summed E-state index contributed by atoms with van der Waals surface area (Å²) in [6.07, 6.45) is 0.555. The third-order valence-corrected chi connectivity index (χ3v) is 4.44. The molecule has 1 atom stereocenters. The molecule has 0 aliphatic heterocycles. The normalized spacial score (nSPS) is 12.2. The van der Waals surface area contributed by atoms with E-state index >= 15 is 0 Å². The first-order valence-corrected chi connectivity index (χ1v) is 8.52. The van der Waals surface area contributed by atoms with Crippen LogP contribution in [-0.4, -0.2) is 44.0 Å². The molecule has 1 aromatic carbocycles. The minimum atomic E-state index is -1.61. The van der Waals surface area contributed by atoms with Crippen LogP contribution in [0.3, 0.4) is 0 Å². The fourth-order valence-corrected chi connectivity index (χ4v) is 3.14. The highest BCUT2D eigenvalue weighted by Crippen LogP contribution is 2.11. The molecule has 3 rings (SSSR count). The number of thiophene rings is 1. The zero-order chi connectivity index (χ0) is 16.9. The van der Waals surface area contributed by atoms with Gasteiger partial charge in [0.25, 0.3) is 0 Å². The van der Waals surface area contributed by atoms with Gasteiger partial charge in [0.05, 0.1) is 18.0 Å². The minimum Gasteiger partial charge on any atom is -0.426 e. The number of para-hydroxylation sites is 1. The average molecular weight is 344 g/mol. The van der Waals surface area contributed by atoms with E-state index in [1.165, 1.54) is 11.3 Å². The van der Waals surface area contributed by atoms with Crippen LogP contribution >= 0.6 is 11.3 Å². The van der Waals surface area contributed by atoms with Gasteiger partial charge in [-0.05, 0) is 40.9 Å². The summed E-state index contributed by atoms with van der Waals surface area (Å²) in [5.74, 6) is -0.998. The summed E-state index contributed by atoms with van der Waals surface area (Å²) >= 11 is 1.53. The van der Waals surface area contributed by atoms with Gasteiger partial charge in [-0.15, -0.1) is 5.10 Å².